The average Bonchev–Trinajstić information content (AvgIpc) is 2.78. The Kier molecular flexibility index (Phi) is 4.87. The zero-order valence-electron chi connectivity index (χ0n) is 18.4. The van der Waals surface area contributed by atoms with Crippen LogP contribution < -0.4 is 10.2 Å². The minimum absolute atomic E-state index is 0.0763. The summed E-state index contributed by atoms with van der Waals surface area (Å²) in [7, 11) is 0. The Balaban J connectivity index is 1.52. The van der Waals surface area contributed by atoms with E-state index in [1.165, 1.54) is 30.6 Å². The molecular formula is C21H19F3N6O. The molecule has 7 nitrogen and oxygen atoms in total. The Hall–Kier alpha value is -3.56. The fourth-order valence-corrected chi connectivity index (χ4v) is 3.29. The Morgan fingerprint density at radius 2 is 2.03 bits per heavy atom. The molecule has 0 unspecified atom stereocenters. The molecule has 31 heavy (non-hydrogen) atoms. The summed E-state index contributed by atoms with van der Waals surface area (Å²) in [6.07, 6.45) is -0.346. The fraction of sp³-hybridized carbons (Fsp3) is 0.286. The van der Waals surface area contributed by atoms with E-state index in [4.69, 9.17) is 2.74 Å². The van der Waals surface area contributed by atoms with Crippen LogP contribution in [0.1, 0.15) is 41.2 Å². The highest BCUT2D eigenvalue weighted by Crippen LogP contribution is 2.32. The molecule has 4 rings (SSSR count). The van der Waals surface area contributed by atoms with Crippen LogP contribution in [0.25, 0.3) is 0 Å². The third-order valence-corrected chi connectivity index (χ3v) is 4.86. The predicted octanol–water partition coefficient (Wildman–Crippen LogP) is 3.09. The lowest BCUT2D eigenvalue weighted by Gasteiger charge is -2.30. The summed E-state index contributed by atoms with van der Waals surface area (Å²) in [5.74, 6) is -0.311. The molecule has 1 aliphatic rings. The second kappa shape index (κ2) is 8.29. The van der Waals surface area contributed by atoms with Crippen molar-refractivity contribution in [3.63, 3.8) is 0 Å². The van der Waals surface area contributed by atoms with E-state index >= 15 is 0 Å². The van der Waals surface area contributed by atoms with Gasteiger partial charge in [0.15, 0.2) is 11.5 Å². The van der Waals surface area contributed by atoms with E-state index < -0.39 is 24.1 Å². The highest BCUT2D eigenvalue weighted by molar-refractivity contribution is 5.92. The lowest BCUT2D eigenvalue weighted by Crippen LogP contribution is -2.33. The van der Waals surface area contributed by atoms with Gasteiger partial charge in [0.1, 0.15) is 0 Å². The van der Waals surface area contributed by atoms with Gasteiger partial charge in [0, 0.05) is 50.3 Å². The van der Waals surface area contributed by atoms with Gasteiger partial charge in [0.2, 0.25) is 0 Å². The van der Waals surface area contributed by atoms with E-state index in [9.17, 15) is 18.0 Å². The third kappa shape index (κ3) is 4.62. The highest BCUT2D eigenvalue weighted by atomic mass is 19.4. The minimum Gasteiger partial charge on any atom is -0.350 e. The molecular weight excluding hydrogens is 409 g/mol. The van der Waals surface area contributed by atoms with Crippen molar-refractivity contribution < 1.29 is 20.7 Å². The molecule has 3 aromatic heterocycles. The van der Waals surface area contributed by atoms with Crippen molar-refractivity contribution in [3.05, 3.63) is 76.5 Å². The van der Waals surface area contributed by atoms with E-state index in [1.807, 2.05) is 0 Å². The number of hydrogen-bond acceptors (Lipinski definition) is 6. The Morgan fingerprint density at radius 1 is 1.26 bits per heavy atom. The van der Waals surface area contributed by atoms with E-state index in [2.05, 4.69) is 25.5 Å². The van der Waals surface area contributed by atoms with Crippen molar-refractivity contribution in [2.24, 2.45) is 0 Å². The number of carbonyl (C=O) groups is 1. The molecule has 0 atom stereocenters. The van der Waals surface area contributed by atoms with Crippen LogP contribution in [0.2, 0.25) is 0 Å². The fourth-order valence-electron chi connectivity index (χ4n) is 3.29. The number of rotatable bonds is 4. The van der Waals surface area contributed by atoms with Gasteiger partial charge in [-0.25, -0.2) is 0 Å². The van der Waals surface area contributed by atoms with Gasteiger partial charge in [-0.05, 0) is 47.9 Å². The number of anilines is 1. The van der Waals surface area contributed by atoms with Crippen molar-refractivity contribution in [2.75, 3.05) is 11.4 Å². The van der Waals surface area contributed by atoms with E-state index in [0.29, 0.717) is 35.6 Å². The molecule has 0 aromatic carbocycles. The van der Waals surface area contributed by atoms with Crippen LogP contribution in [0.4, 0.5) is 19.0 Å². The Bertz CT molecular complexity index is 1190. The monoisotopic (exact) mass is 430 g/mol. The number of nitrogens with zero attached hydrogens (tertiary/aromatic N) is 5. The van der Waals surface area contributed by atoms with E-state index in [-0.39, 0.29) is 17.8 Å². The molecule has 0 radical (unpaired) electrons. The number of pyridine rings is 2. The number of nitrogens with one attached hydrogen (secondary N) is 1. The van der Waals surface area contributed by atoms with Crippen LogP contribution in [-0.2, 0) is 25.6 Å². The van der Waals surface area contributed by atoms with Crippen molar-refractivity contribution in [3.8, 4) is 0 Å². The number of alkyl halides is 3. The van der Waals surface area contributed by atoms with Gasteiger partial charge in [-0.15, -0.1) is 10.2 Å². The van der Waals surface area contributed by atoms with Crippen molar-refractivity contribution in [2.45, 2.75) is 32.6 Å². The van der Waals surface area contributed by atoms with Crippen LogP contribution >= 0.6 is 0 Å². The molecule has 3 aromatic rings. The molecule has 0 saturated heterocycles. The third-order valence-electron chi connectivity index (χ3n) is 4.86. The van der Waals surface area contributed by atoms with Crippen LogP contribution in [0.3, 0.4) is 0 Å². The van der Waals surface area contributed by atoms with Gasteiger partial charge in [-0.3, -0.25) is 14.8 Å². The molecule has 0 fully saturated rings. The number of hydrogen-bond donors (Lipinski definition) is 1. The molecule has 0 aliphatic carbocycles. The zero-order chi connectivity index (χ0) is 23.8. The van der Waals surface area contributed by atoms with Gasteiger partial charge in [-0.2, -0.15) is 13.2 Å². The summed E-state index contributed by atoms with van der Waals surface area (Å²) in [6.45, 7) is 0.223. The van der Waals surface area contributed by atoms with Crippen molar-refractivity contribution in [1.29, 1.82) is 0 Å². The van der Waals surface area contributed by atoms with Gasteiger partial charge < -0.3 is 10.2 Å². The first-order valence-electron chi connectivity index (χ1n) is 10.4. The smallest absolute Gasteiger partial charge is 0.350 e. The topological polar surface area (TPSA) is 83.9 Å². The molecule has 1 aliphatic heterocycles. The summed E-state index contributed by atoms with van der Waals surface area (Å²) >= 11 is 0. The van der Waals surface area contributed by atoms with Gasteiger partial charge in [0.05, 0.1) is 8.30 Å². The van der Waals surface area contributed by atoms with Crippen molar-refractivity contribution in [1.82, 2.24) is 25.5 Å². The first kappa shape index (κ1) is 18.2. The highest BCUT2D eigenvalue weighted by Gasteiger charge is 2.32. The average molecular weight is 430 g/mol. The molecule has 10 heteroatoms. The maximum Gasteiger partial charge on any atom is 0.417 e. The normalized spacial score (nSPS) is 15.0. The number of aromatic nitrogens is 4. The maximum absolute atomic E-state index is 13.0. The number of carbonyl (C=O) groups excluding carboxylic acids is 1. The lowest BCUT2D eigenvalue weighted by molar-refractivity contribution is -0.137. The largest absolute Gasteiger partial charge is 0.417 e. The van der Waals surface area contributed by atoms with Gasteiger partial charge >= 0.3 is 6.18 Å². The maximum atomic E-state index is 13.0. The summed E-state index contributed by atoms with van der Waals surface area (Å²) < 4.78 is 55.3. The quantitative estimate of drug-likeness (QED) is 0.685. The molecule has 160 valence electrons. The van der Waals surface area contributed by atoms with Gasteiger partial charge in [-0.1, -0.05) is 0 Å². The standard InChI is InChI=1S/C21H19F3N6O/c1-13-8-18(20(31)27-10-14-2-5-25-6-3-14)28-29-19(13)30-7-4-17-15(12-30)9-16(11-26-17)21(22,23)24/h2-3,5-6,8-9,11H,4,7,10,12H2,1H3,(H,27,31)/i10D2. The SMILES string of the molecule is [2H]C([2H])(NC(=O)c1cc(C)c(N2CCc3ncc(C(F)(F)F)cc3C2)nn1)c1ccncc1. The predicted molar refractivity (Wildman–Crippen MR) is 106 cm³/mol. The lowest BCUT2D eigenvalue weighted by atomic mass is 10.0. The molecule has 1 amide bonds. The second-order valence-electron chi connectivity index (χ2n) is 7.05. The van der Waals surface area contributed by atoms with E-state index in [1.54, 1.807) is 11.8 Å². The number of aryl methyl sites for hydroxylation is 1. The zero-order valence-corrected chi connectivity index (χ0v) is 16.4. The molecule has 1 N–H and O–H groups in total. The summed E-state index contributed by atoms with van der Waals surface area (Å²) in [6, 6.07) is 5.47. The van der Waals surface area contributed by atoms with Crippen LogP contribution in [0, 0.1) is 6.92 Å². The summed E-state index contributed by atoms with van der Waals surface area (Å²) in [5.41, 5.74) is 1.01. The Labute approximate surface area is 179 Å². The van der Waals surface area contributed by atoms with Crippen LogP contribution in [-0.4, -0.2) is 32.6 Å². The van der Waals surface area contributed by atoms with Crippen LogP contribution in [0.15, 0.2) is 42.9 Å². The first-order valence-corrected chi connectivity index (χ1v) is 9.42. The summed E-state index contributed by atoms with van der Waals surface area (Å²) in [5, 5.41) is 10.3. The van der Waals surface area contributed by atoms with Crippen molar-refractivity contribution >= 4 is 11.7 Å². The van der Waals surface area contributed by atoms with Gasteiger partial charge in [0.25, 0.3) is 5.91 Å². The first-order chi connectivity index (χ1) is 15.5. The number of amides is 1. The molecule has 0 saturated carbocycles. The second-order valence-corrected chi connectivity index (χ2v) is 7.05. The minimum atomic E-state index is -4.48. The number of fused-ring (bicyclic) bond motifs is 1. The Morgan fingerprint density at radius 3 is 2.74 bits per heavy atom. The molecule has 0 bridgehead atoms. The molecule has 4 heterocycles. The number of halogens is 3. The molecule has 0 spiro atoms. The van der Waals surface area contributed by atoms with E-state index in [0.717, 1.165) is 12.3 Å². The summed E-state index contributed by atoms with van der Waals surface area (Å²) in [4.78, 5) is 22.1. The van der Waals surface area contributed by atoms with Crippen LogP contribution in [0.5, 0.6) is 0 Å².